The van der Waals surface area contributed by atoms with E-state index >= 15 is 0 Å². The predicted molar refractivity (Wildman–Crippen MR) is 66.6 cm³/mol. The Balaban J connectivity index is 1.60. The van der Waals surface area contributed by atoms with Crippen LogP contribution < -0.4 is 5.32 Å². The summed E-state index contributed by atoms with van der Waals surface area (Å²) in [4.78, 5) is 25.2. The molecule has 2 bridgehead atoms. The fraction of sp³-hybridized carbons (Fsp3) is 0.846. The van der Waals surface area contributed by atoms with Crippen LogP contribution in [0.5, 0.6) is 0 Å². The molecule has 2 N–H and O–H groups in total. The second-order valence-electron chi connectivity index (χ2n) is 6.12. The molecule has 0 aliphatic carbocycles. The Hall–Kier alpha value is -1.14. The van der Waals surface area contributed by atoms with Gasteiger partial charge in [0.05, 0.1) is 11.5 Å². The number of ether oxygens (including phenoxy) is 1. The van der Waals surface area contributed by atoms with Crippen LogP contribution in [0.15, 0.2) is 0 Å². The minimum absolute atomic E-state index is 0.0515. The molecule has 0 spiro atoms. The molecular weight excluding hydrogens is 248 g/mol. The lowest BCUT2D eigenvalue weighted by atomic mass is 9.89. The van der Waals surface area contributed by atoms with Crippen LogP contribution in [-0.4, -0.2) is 59.3 Å². The monoisotopic (exact) mass is 268 g/mol. The molecule has 0 aromatic carbocycles. The van der Waals surface area contributed by atoms with Gasteiger partial charge in [-0.15, -0.1) is 0 Å². The second kappa shape index (κ2) is 4.45. The Morgan fingerprint density at radius 3 is 2.68 bits per heavy atom. The lowest BCUT2D eigenvalue weighted by Crippen LogP contribution is -2.59. The van der Waals surface area contributed by atoms with E-state index in [4.69, 9.17) is 9.84 Å². The molecule has 0 radical (unpaired) electrons. The molecule has 6 heteroatoms. The third-order valence-electron chi connectivity index (χ3n) is 4.68. The number of amides is 1. The highest BCUT2D eigenvalue weighted by Gasteiger charge is 2.51. The zero-order chi connectivity index (χ0) is 13.6. The van der Waals surface area contributed by atoms with Gasteiger partial charge in [0.25, 0.3) is 0 Å². The predicted octanol–water partition coefficient (Wildman–Crippen LogP) is -0.171. The van der Waals surface area contributed by atoms with E-state index in [1.165, 1.54) is 0 Å². The van der Waals surface area contributed by atoms with Crippen molar-refractivity contribution in [3.8, 4) is 0 Å². The number of carboxylic acids is 1. The molecule has 3 heterocycles. The zero-order valence-electron chi connectivity index (χ0n) is 11.1. The Morgan fingerprint density at radius 1 is 1.42 bits per heavy atom. The Labute approximate surface area is 112 Å². The number of fused-ring (bicyclic) bond motifs is 2. The summed E-state index contributed by atoms with van der Waals surface area (Å²) in [6, 6.07) is -0.0135. The summed E-state index contributed by atoms with van der Waals surface area (Å²) in [7, 11) is 0. The van der Waals surface area contributed by atoms with Crippen LogP contribution in [0.4, 0.5) is 0 Å². The number of carbonyl (C=O) groups is 2. The molecule has 3 aliphatic heterocycles. The molecule has 3 rings (SSSR count). The lowest BCUT2D eigenvalue weighted by Gasteiger charge is -2.39. The van der Waals surface area contributed by atoms with Crippen molar-refractivity contribution in [3.05, 3.63) is 0 Å². The van der Waals surface area contributed by atoms with Gasteiger partial charge in [-0.25, -0.2) is 0 Å². The van der Waals surface area contributed by atoms with Crippen molar-refractivity contribution in [1.29, 1.82) is 0 Å². The number of nitrogens with one attached hydrogen (secondary N) is 1. The van der Waals surface area contributed by atoms with Crippen molar-refractivity contribution in [1.82, 2.24) is 10.2 Å². The molecule has 3 unspecified atom stereocenters. The second-order valence-corrected chi connectivity index (χ2v) is 6.12. The summed E-state index contributed by atoms with van der Waals surface area (Å²) in [5, 5.41) is 12.3. The Kier molecular flexibility index (Phi) is 3.02. The van der Waals surface area contributed by atoms with Crippen LogP contribution in [0.3, 0.4) is 0 Å². The van der Waals surface area contributed by atoms with Crippen LogP contribution >= 0.6 is 0 Å². The number of hydrogen-bond acceptors (Lipinski definition) is 4. The van der Waals surface area contributed by atoms with Crippen LogP contribution in [-0.2, 0) is 14.3 Å². The summed E-state index contributed by atoms with van der Waals surface area (Å²) in [6.45, 7) is 3.59. The number of carboxylic acid groups (broad SMARTS) is 1. The molecule has 3 atom stereocenters. The van der Waals surface area contributed by atoms with E-state index in [0.29, 0.717) is 6.42 Å². The van der Waals surface area contributed by atoms with Crippen LogP contribution in [0.1, 0.15) is 26.2 Å². The first-order valence-corrected chi connectivity index (χ1v) is 6.89. The fourth-order valence-corrected chi connectivity index (χ4v) is 3.53. The number of aliphatic carboxylic acids is 1. The third kappa shape index (κ3) is 2.12. The number of carbonyl (C=O) groups excluding carboxylic acids is 1. The molecule has 3 fully saturated rings. The summed E-state index contributed by atoms with van der Waals surface area (Å²) >= 11 is 0. The van der Waals surface area contributed by atoms with Crippen LogP contribution in [0, 0.1) is 5.92 Å². The van der Waals surface area contributed by atoms with Gasteiger partial charge in [0.15, 0.2) is 0 Å². The summed E-state index contributed by atoms with van der Waals surface area (Å²) in [6.07, 6.45) is 2.34. The SMILES string of the molecule is CC1(OCC(=O)N2C3CCC2C(C(=O)O)C3)CNC1. The standard InChI is InChI=1S/C13H20N2O4/c1-13(6-14-7-13)19-5-11(16)15-8-2-3-10(15)9(4-8)12(17)18/h8-10,14H,2-7H2,1H3,(H,17,18). The highest BCUT2D eigenvalue weighted by molar-refractivity contribution is 5.81. The van der Waals surface area contributed by atoms with Crippen molar-refractivity contribution in [2.45, 2.75) is 43.9 Å². The first kappa shape index (κ1) is 12.9. The zero-order valence-corrected chi connectivity index (χ0v) is 11.1. The van der Waals surface area contributed by atoms with Gasteiger partial charge in [0.1, 0.15) is 6.61 Å². The lowest BCUT2D eigenvalue weighted by molar-refractivity contribution is -0.148. The average Bonchev–Trinajstić information content (AvgIpc) is 2.91. The molecule has 3 saturated heterocycles. The fourth-order valence-electron chi connectivity index (χ4n) is 3.53. The van der Waals surface area contributed by atoms with Crippen LogP contribution in [0.2, 0.25) is 0 Å². The smallest absolute Gasteiger partial charge is 0.308 e. The van der Waals surface area contributed by atoms with Gasteiger partial charge >= 0.3 is 5.97 Å². The molecule has 3 aliphatic rings. The molecule has 0 saturated carbocycles. The van der Waals surface area contributed by atoms with Gasteiger partial charge in [0.2, 0.25) is 5.91 Å². The van der Waals surface area contributed by atoms with Crippen molar-refractivity contribution in [2.24, 2.45) is 5.92 Å². The van der Waals surface area contributed by atoms with Gasteiger partial charge in [-0.2, -0.15) is 0 Å². The van der Waals surface area contributed by atoms with E-state index in [0.717, 1.165) is 25.9 Å². The van der Waals surface area contributed by atoms with Gasteiger partial charge in [-0.1, -0.05) is 0 Å². The van der Waals surface area contributed by atoms with Crippen LogP contribution in [0.25, 0.3) is 0 Å². The molecule has 1 amide bonds. The molecular formula is C13H20N2O4. The van der Waals surface area contributed by atoms with E-state index in [1.807, 2.05) is 6.92 Å². The molecule has 0 aromatic rings. The molecule has 0 aromatic heterocycles. The topological polar surface area (TPSA) is 78.9 Å². The number of rotatable bonds is 4. The quantitative estimate of drug-likeness (QED) is 0.740. The minimum atomic E-state index is -0.777. The van der Waals surface area contributed by atoms with Crippen molar-refractivity contribution in [2.75, 3.05) is 19.7 Å². The maximum Gasteiger partial charge on any atom is 0.308 e. The summed E-state index contributed by atoms with van der Waals surface area (Å²) < 4.78 is 5.66. The highest BCUT2D eigenvalue weighted by Crippen LogP contribution is 2.41. The Morgan fingerprint density at radius 2 is 2.16 bits per heavy atom. The van der Waals surface area contributed by atoms with Gasteiger partial charge in [-0.05, 0) is 26.2 Å². The Bertz CT molecular complexity index is 407. The number of hydrogen-bond donors (Lipinski definition) is 2. The van der Waals surface area contributed by atoms with E-state index in [9.17, 15) is 9.59 Å². The third-order valence-corrected chi connectivity index (χ3v) is 4.68. The average molecular weight is 268 g/mol. The van der Waals surface area contributed by atoms with E-state index in [2.05, 4.69) is 5.32 Å². The summed E-state index contributed by atoms with van der Waals surface area (Å²) in [5.74, 6) is -1.21. The van der Waals surface area contributed by atoms with Crippen molar-refractivity contribution < 1.29 is 19.4 Å². The van der Waals surface area contributed by atoms with Crippen molar-refractivity contribution in [3.63, 3.8) is 0 Å². The van der Waals surface area contributed by atoms with Gasteiger partial charge in [-0.3, -0.25) is 9.59 Å². The first-order chi connectivity index (χ1) is 9.00. The normalized spacial score (nSPS) is 35.2. The van der Waals surface area contributed by atoms with Gasteiger partial charge in [0, 0.05) is 25.2 Å². The maximum atomic E-state index is 12.2. The minimum Gasteiger partial charge on any atom is -0.481 e. The largest absolute Gasteiger partial charge is 0.481 e. The molecule has 19 heavy (non-hydrogen) atoms. The highest BCUT2D eigenvalue weighted by atomic mass is 16.5. The van der Waals surface area contributed by atoms with E-state index < -0.39 is 5.97 Å². The maximum absolute atomic E-state index is 12.2. The molecule has 6 nitrogen and oxygen atoms in total. The number of nitrogens with zero attached hydrogens (tertiary/aromatic N) is 1. The van der Waals surface area contributed by atoms with Crippen molar-refractivity contribution >= 4 is 11.9 Å². The van der Waals surface area contributed by atoms with E-state index in [1.54, 1.807) is 4.90 Å². The molecule has 106 valence electrons. The van der Waals surface area contributed by atoms with Gasteiger partial charge < -0.3 is 20.1 Å². The summed E-state index contributed by atoms with van der Waals surface area (Å²) in [5.41, 5.74) is -0.235. The van der Waals surface area contributed by atoms with E-state index in [-0.39, 0.29) is 36.1 Å². The first-order valence-electron chi connectivity index (χ1n) is 6.89.